The van der Waals surface area contributed by atoms with Crippen LogP contribution in [0.15, 0.2) is 53.3 Å². The van der Waals surface area contributed by atoms with E-state index in [0.717, 1.165) is 39.1 Å². The van der Waals surface area contributed by atoms with Crippen LogP contribution in [0.3, 0.4) is 0 Å². The fourth-order valence-electron chi connectivity index (χ4n) is 3.11. The maximum Gasteiger partial charge on any atom is 0.418 e. The van der Waals surface area contributed by atoms with Crippen LogP contribution in [-0.2, 0) is 17.5 Å². The van der Waals surface area contributed by atoms with Gasteiger partial charge in [0, 0.05) is 11.6 Å². The Morgan fingerprint density at radius 2 is 1.67 bits per heavy atom. The number of carbonyl (C=O) groups is 1. The molecule has 1 heterocycles. The highest BCUT2D eigenvalue weighted by Crippen LogP contribution is 2.34. The minimum Gasteiger partial charge on any atom is -0.324 e. The zero-order chi connectivity index (χ0) is 22.1. The summed E-state index contributed by atoms with van der Waals surface area (Å²) in [4.78, 5) is 24.5. The monoisotopic (exact) mass is 415 g/mol. The summed E-state index contributed by atoms with van der Waals surface area (Å²) in [6, 6.07) is 11.5. The van der Waals surface area contributed by atoms with Crippen molar-refractivity contribution in [3.63, 3.8) is 0 Å². The molecule has 1 amide bonds. The summed E-state index contributed by atoms with van der Waals surface area (Å²) in [5.41, 5.74) is 2.58. The average molecular weight is 415 g/mol. The number of carbonyl (C=O) groups excluding carboxylic acids is 1. The molecule has 3 aromatic rings. The summed E-state index contributed by atoms with van der Waals surface area (Å²) in [6.07, 6.45) is -4.61. The molecule has 1 N–H and O–H groups in total. The molecule has 0 aliphatic heterocycles. The van der Waals surface area contributed by atoms with Gasteiger partial charge in [-0.25, -0.2) is 4.68 Å². The van der Waals surface area contributed by atoms with Gasteiger partial charge in [-0.1, -0.05) is 18.2 Å². The Morgan fingerprint density at radius 3 is 2.37 bits per heavy atom. The molecule has 2 aromatic carbocycles. The third-order valence-electron chi connectivity index (χ3n) is 4.78. The largest absolute Gasteiger partial charge is 0.418 e. The van der Waals surface area contributed by atoms with Gasteiger partial charge in [-0.2, -0.15) is 18.3 Å². The summed E-state index contributed by atoms with van der Waals surface area (Å²) in [5.74, 6) is -0.782. The van der Waals surface area contributed by atoms with E-state index in [0.29, 0.717) is 5.69 Å². The second kappa shape index (κ2) is 8.14. The molecule has 0 saturated heterocycles. The number of alkyl halides is 3. The van der Waals surface area contributed by atoms with Gasteiger partial charge in [0.1, 0.15) is 6.54 Å². The smallest absolute Gasteiger partial charge is 0.324 e. The predicted octanol–water partition coefficient (Wildman–Crippen LogP) is 4.49. The molecule has 0 spiro atoms. The third kappa shape index (κ3) is 4.59. The molecule has 8 heteroatoms. The van der Waals surface area contributed by atoms with Crippen LogP contribution in [0.1, 0.15) is 22.3 Å². The van der Waals surface area contributed by atoms with E-state index in [9.17, 15) is 22.8 Å². The van der Waals surface area contributed by atoms with Crippen LogP contribution in [0.25, 0.3) is 11.3 Å². The lowest BCUT2D eigenvalue weighted by atomic mass is 9.99. The number of aryl methyl sites for hydroxylation is 3. The van der Waals surface area contributed by atoms with E-state index in [-0.39, 0.29) is 5.69 Å². The topological polar surface area (TPSA) is 64.0 Å². The summed E-state index contributed by atoms with van der Waals surface area (Å²) in [6.45, 7) is 5.35. The molecular formula is C22H20F3N3O2. The van der Waals surface area contributed by atoms with Gasteiger partial charge < -0.3 is 5.32 Å². The fraction of sp³-hybridized carbons (Fsp3) is 0.227. The maximum absolute atomic E-state index is 13.1. The molecule has 0 aliphatic carbocycles. The van der Waals surface area contributed by atoms with Gasteiger partial charge in [0.25, 0.3) is 5.56 Å². The van der Waals surface area contributed by atoms with Crippen LogP contribution in [0, 0.1) is 20.8 Å². The highest BCUT2D eigenvalue weighted by molar-refractivity contribution is 5.91. The quantitative estimate of drug-likeness (QED) is 0.683. The number of para-hydroxylation sites is 1. The number of nitrogens with zero attached hydrogens (tertiary/aromatic N) is 2. The van der Waals surface area contributed by atoms with Gasteiger partial charge in [-0.05, 0) is 61.7 Å². The molecule has 1 aromatic heterocycles. The number of nitrogens with one attached hydrogen (secondary N) is 1. The van der Waals surface area contributed by atoms with Crippen molar-refractivity contribution in [3.8, 4) is 11.3 Å². The minimum absolute atomic E-state index is 0.371. The Labute approximate surface area is 171 Å². The second-order valence-corrected chi connectivity index (χ2v) is 7.06. The molecule has 30 heavy (non-hydrogen) atoms. The Hall–Kier alpha value is -3.42. The summed E-state index contributed by atoms with van der Waals surface area (Å²) in [5, 5.41) is 6.47. The Morgan fingerprint density at radius 1 is 1.00 bits per heavy atom. The number of hydrogen-bond donors (Lipinski definition) is 1. The van der Waals surface area contributed by atoms with E-state index in [4.69, 9.17) is 0 Å². The third-order valence-corrected chi connectivity index (χ3v) is 4.78. The van der Waals surface area contributed by atoms with Crippen molar-refractivity contribution in [2.75, 3.05) is 5.32 Å². The lowest BCUT2D eigenvalue weighted by Crippen LogP contribution is -2.29. The molecule has 0 saturated carbocycles. The van der Waals surface area contributed by atoms with Gasteiger partial charge in [0.2, 0.25) is 5.91 Å². The Kier molecular flexibility index (Phi) is 5.78. The first-order chi connectivity index (χ1) is 14.1. The van der Waals surface area contributed by atoms with Crippen LogP contribution in [-0.4, -0.2) is 15.7 Å². The van der Waals surface area contributed by atoms with Gasteiger partial charge in [-0.3, -0.25) is 9.59 Å². The van der Waals surface area contributed by atoms with Crippen molar-refractivity contribution in [1.29, 1.82) is 0 Å². The van der Waals surface area contributed by atoms with Crippen LogP contribution in [0.5, 0.6) is 0 Å². The van der Waals surface area contributed by atoms with E-state index in [1.807, 2.05) is 32.9 Å². The SMILES string of the molecule is Cc1cc(C)c(-c2ccc(=O)n(CC(=O)Nc3ccccc3C(F)(F)F)n2)cc1C. The molecule has 3 rings (SSSR count). The zero-order valence-electron chi connectivity index (χ0n) is 16.7. The molecule has 0 bridgehead atoms. The predicted molar refractivity (Wildman–Crippen MR) is 108 cm³/mol. The first kappa shape index (κ1) is 21.3. The van der Waals surface area contributed by atoms with Crippen molar-refractivity contribution < 1.29 is 18.0 Å². The van der Waals surface area contributed by atoms with E-state index < -0.39 is 29.8 Å². The summed E-state index contributed by atoms with van der Waals surface area (Å²) >= 11 is 0. The van der Waals surface area contributed by atoms with Crippen LogP contribution >= 0.6 is 0 Å². The minimum atomic E-state index is -4.61. The molecular weight excluding hydrogens is 395 g/mol. The number of anilines is 1. The van der Waals surface area contributed by atoms with Gasteiger partial charge in [-0.15, -0.1) is 0 Å². The van der Waals surface area contributed by atoms with Crippen molar-refractivity contribution in [3.05, 3.63) is 81.1 Å². The van der Waals surface area contributed by atoms with Gasteiger partial charge in [0.05, 0.1) is 16.9 Å². The first-order valence-corrected chi connectivity index (χ1v) is 9.18. The molecule has 0 unspecified atom stereocenters. The molecule has 0 radical (unpaired) electrons. The van der Waals surface area contributed by atoms with Crippen molar-refractivity contribution in [2.24, 2.45) is 0 Å². The first-order valence-electron chi connectivity index (χ1n) is 9.18. The number of halogens is 3. The zero-order valence-corrected chi connectivity index (χ0v) is 16.7. The van der Waals surface area contributed by atoms with Crippen molar-refractivity contribution in [2.45, 2.75) is 33.5 Å². The van der Waals surface area contributed by atoms with E-state index in [1.165, 1.54) is 18.2 Å². The highest BCUT2D eigenvalue weighted by Gasteiger charge is 2.33. The van der Waals surface area contributed by atoms with Crippen LogP contribution in [0.4, 0.5) is 18.9 Å². The molecule has 0 fully saturated rings. The van der Waals surface area contributed by atoms with Crippen LogP contribution in [0.2, 0.25) is 0 Å². The van der Waals surface area contributed by atoms with Gasteiger partial charge in [0.15, 0.2) is 0 Å². The lowest BCUT2D eigenvalue weighted by molar-refractivity contribution is -0.137. The van der Waals surface area contributed by atoms with E-state index in [2.05, 4.69) is 10.4 Å². The highest BCUT2D eigenvalue weighted by atomic mass is 19.4. The number of hydrogen-bond acceptors (Lipinski definition) is 3. The van der Waals surface area contributed by atoms with Crippen LogP contribution < -0.4 is 10.9 Å². The number of benzene rings is 2. The summed E-state index contributed by atoms with van der Waals surface area (Å²) in [7, 11) is 0. The van der Waals surface area contributed by atoms with Crippen molar-refractivity contribution >= 4 is 11.6 Å². The Balaban J connectivity index is 1.88. The van der Waals surface area contributed by atoms with Gasteiger partial charge >= 0.3 is 6.18 Å². The standard InChI is InChI=1S/C22H20F3N3O2/c1-13-10-15(3)16(11-14(13)2)18-8-9-21(30)28(27-18)12-20(29)26-19-7-5-4-6-17(19)22(23,24)25/h4-11H,12H2,1-3H3,(H,26,29). The number of aromatic nitrogens is 2. The molecule has 156 valence electrons. The lowest BCUT2D eigenvalue weighted by Gasteiger charge is -2.14. The molecule has 0 aliphatic rings. The Bertz CT molecular complexity index is 1170. The second-order valence-electron chi connectivity index (χ2n) is 7.06. The number of amides is 1. The summed E-state index contributed by atoms with van der Waals surface area (Å²) < 4.78 is 40.3. The molecule has 5 nitrogen and oxygen atoms in total. The van der Waals surface area contributed by atoms with E-state index >= 15 is 0 Å². The fourth-order valence-corrected chi connectivity index (χ4v) is 3.11. The normalized spacial score (nSPS) is 11.4. The number of rotatable bonds is 4. The maximum atomic E-state index is 13.1. The average Bonchev–Trinajstić information content (AvgIpc) is 2.66. The molecule has 0 atom stereocenters. The van der Waals surface area contributed by atoms with Crippen molar-refractivity contribution in [1.82, 2.24) is 9.78 Å². The van der Waals surface area contributed by atoms with E-state index in [1.54, 1.807) is 6.07 Å².